The van der Waals surface area contributed by atoms with E-state index in [1.165, 1.54) is 0 Å². The molecule has 2 rings (SSSR count). The molecule has 0 radical (unpaired) electrons. The van der Waals surface area contributed by atoms with Crippen molar-refractivity contribution in [1.29, 1.82) is 0 Å². The number of aryl methyl sites for hydroxylation is 1. The summed E-state index contributed by atoms with van der Waals surface area (Å²) in [5, 5.41) is 6.24. The van der Waals surface area contributed by atoms with Crippen molar-refractivity contribution in [3.05, 3.63) is 45.9 Å². The lowest BCUT2D eigenvalue weighted by Gasteiger charge is -2.14. The Morgan fingerprint density at radius 1 is 1.35 bits per heavy atom. The first-order valence-corrected chi connectivity index (χ1v) is 7.48. The molecule has 0 spiro atoms. The molecule has 1 aromatic carbocycles. The lowest BCUT2D eigenvalue weighted by Crippen LogP contribution is -2.24. The summed E-state index contributed by atoms with van der Waals surface area (Å²) in [4.78, 5) is 17.6. The molecule has 0 aliphatic rings. The third-order valence-corrected chi connectivity index (χ3v) is 3.81. The van der Waals surface area contributed by atoms with Crippen LogP contribution in [0, 0.1) is 6.92 Å². The smallest absolute Gasteiger partial charge is 0.253 e. The molecule has 2 N–H and O–H groups in total. The maximum Gasteiger partial charge on any atom is 0.253 e. The Balaban J connectivity index is 2.07. The molecule has 0 fully saturated rings. The number of thiazole rings is 1. The molecule has 0 bridgehead atoms. The van der Waals surface area contributed by atoms with Crippen molar-refractivity contribution in [2.75, 3.05) is 5.32 Å². The van der Waals surface area contributed by atoms with Crippen molar-refractivity contribution >= 4 is 22.9 Å². The van der Waals surface area contributed by atoms with Gasteiger partial charge in [0.05, 0.1) is 23.3 Å². The molecule has 0 atom stereocenters. The van der Waals surface area contributed by atoms with Crippen LogP contribution in [-0.4, -0.2) is 16.9 Å². The number of rotatable bonds is 5. The number of amides is 1. The highest BCUT2D eigenvalue weighted by Gasteiger charge is 2.12. The molecule has 5 heteroatoms. The predicted octanol–water partition coefficient (Wildman–Crippen LogP) is 3.20. The normalized spacial score (nSPS) is 10.6. The topological polar surface area (TPSA) is 54.0 Å². The number of nitrogens with one attached hydrogen (secondary N) is 2. The lowest BCUT2D eigenvalue weighted by atomic mass is 10.1. The number of carbonyl (C=O) groups excluding carboxylic acids is 1. The third-order valence-electron chi connectivity index (χ3n) is 2.87. The quantitative estimate of drug-likeness (QED) is 0.888. The van der Waals surface area contributed by atoms with Crippen LogP contribution in [0.2, 0.25) is 0 Å². The number of para-hydroxylation sites is 1. The van der Waals surface area contributed by atoms with Crippen LogP contribution >= 0.6 is 11.3 Å². The Morgan fingerprint density at radius 3 is 2.75 bits per heavy atom. The molecule has 0 aliphatic heterocycles. The predicted molar refractivity (Wildman–Crippen MR) is 83.2 cm³/mol. The van der Waals surface area contributed by atoms with Gasteiger partial charge in [-0.1, -0.05) is 12.1 Å². The summed E-state index contributed by atoms with van der Waals surface area (Å²) < 4.78 is 0. The fourth-order valence-electron chi connectivity index (χ4n) is 1.87. The summed E-state index contributed by atoms with van der Waals surface area (Å²) in [5.41, 5.74) is 4.30. The summed E-state index contributed by atoms with van der Waals surface area (Å²) in [6, 6.07) is 7.84. The average Bonchev–Trinajstić information content (AvgIpc) is 2.81. The van der Waals surface area contributed by atoms with E-state index in [9.17, 15) is 4.79 Å². The summed E-state index contributed by atoms with van der Waals surface area (Å²) in [6.45, 7) is 6.57. The van der Waals surface area contributed by atoms with E-state index in [2.05, 4.69) is 29.5 Å². The summed E-state index contributed by atoms with van der Waals surface area (Å²) in [6.07, 6.45) is 0. The van der Waals surface area contributed by atoms with E-state index in [-0.39, 0.29) is 11.9 Å². The summed E-state index contributed by atoms with van der Waals surface area (Å²) in [7, 11) is 0. The second-order valence-corrected chi connectivity index (χ2v) is 5.83. The maximum atomic E-state index is 12.3. The number of carbonyl (C=O) groups is 1. The SMILES string of the molecule is Cc1ncsc1CNC(=O)c1ccccc1NC(C)C. The molecule has 20 heavy (non-hydrogen) atoms. The van der Waals surface area contributed by atoms with Gasteiger partial charge in [-0.3, -0.25) is 4.79 Å². The van der Waals surface area contributed by atoms with Gasteiger partial charge in [0, 0.05) is 16.6 Å². The van der Waals surface area contributed by atoms with Crippen molar-refractivity contribution in [2.45, 2.75) is 33.4 Å². The Morgan fingerprint density at radius 2 is 2.10 bits per heavy atom. The molecule has 1 aromatic heterocycles. The van der Waals surface area contributed by atoms with Crippen LogP contribution in [-0.2, 0) is 6.54 Å². The molecule has 0 saturated heterocycles. The highest BCUT2D eigenvalue weighted by molar-refractivity contribution is 7.09. The van der Waals surface area contributed by atoms with Crippen molar-refractivity contribution < 1.29 is 4.79 Å². The van der Waals surface area contributed by atoms with Gasteiger partial charge in [-0.15, -0.1) is 11.3 Å². The molecule has 1 heterocycles. The minimum absolute atomic E-state index is 0.0680. The highest BCUT2D eigenvalue weighted by Crippen LogP contribution is 2.17. The summed E-state index contributed by atoms with van der Waals surface area (Å²) in [5.74, 6) is -0.0680. The Hall–Kier alpha value is -1.88. The van der Waals surface area contributed by atoms with E-state index in [1.54, 1.807) is 16.8 Å². The third kappa shape index (κ3) is 3.57. The second kappa shape index (κ2) is 6.52. The van der Waals surface area contributed by atoms with E-state index in [0.29, 0.717) is 12.1 Å². The van der Waals surface area contributed by atoms with Gasteiger partial charge < -0.3 is 10.6 Å². The lowest BCUT2D eigenvalue weighted by molar-refractivity contribution is 0.0952. The van der Waals surface area contributed by atoms with Gasteiger partial charge in [0.1, 0.15) is 0 Å². The van der Waals surface area contributed by atoms with Gasteiger partial charge in [-0.25, -0.2) is 4.98 Å². The van der Waals surface area contributed by atoms with E-state index in [1.807, 2.05) is 31.2 Å². The molecule has 0 saturated carbocycles. The number of nitrogens with zero attached hydrogens (tertiary/aromatic N) is 1. The van der Waals surface area contributed by atoms with Crippen molar-refractivity contribution in [1.82, 2.24) is 10.3 Å². The minimum atomic E-state index is -0.0680. The van der Waals surface area contributed by atoms with Gasteiger partial charge in [0.25, 0.3) is 5.91 Å². The van der Waals surface area contributed by atoms with Crippen LogP contribution in [0.5, 0.6) is 0 Å². The van der Waals surface area contributed by atoms with Gasteiger partial charge in [-0.05, 0) is 32.9 Å². The highest BCUT2D eigenvalue weighted by atomic mass is 32.1. The van der Waals surface area contributed by atoms with Gasteiger partial charge in [-0.2, -0.15) is 0 Å². The van der Waals surface area contributed by atoms with Crippen LogP contribution in [0.15, 0.2) is 29.8 Å². The minimum Gasteiger partial charge on any atom is -0.382 e. The van der Waals surface area contributed by atoms with Crippen LogP contribution in [0.3, 0.4) is 0 Å². The number of benzene rings is 1. The Kier molecular flexibility index (Phi) is 4.74. The number of aromatic nitrogens is 1. The first-order chi connectivity index (χ1) is 9.58. The maximum absolute atomic E-state index is 12.3. The monoisotopic (exact) mass is 289 g/mol. The zero-order chi connectivity index (χ0) is 14.5. The van der Waals surface area contributed by atoms with E-state index >= 15 is 0 Å². The first-order valence-electron chi connectivity index (χ1n) is 6.60. The largest absolute Gasteiger partial charge is 0.382 e. The van der Waals surface area contributed by atoms with Crippen molar-refractivity contribution in [2.24, 2.45) is 0 Å². The number of anilines is 1. The molecule has 0 aliphatic carbocycles. The molecule has 1 amide bonds. The molecular weight excluding hydrogens is 270 g/mol. The van der Waals surface area contributed by atoms with Crippen molar-refractivity contribution in [3.63, 3.8) is 0 Å². The van der Waals surface area contributed by atoms with Crippen LogP contribution in [0.4, 0.5) is 5.69 Å². The zero-order valence-corrected chi connectivity index (χ0v) is 12.8. The van der Waals surface area contributed by atoms with Gasteiger partial charge in [0.15, 0.2) is 0 Å². The molecule has 0 unspecified atom stereocenters. The fraction of sp³-hybridized carbons (Fsp3) is 0.333. The van der Waals surface area contributed by atoms with Crippen LogP contribution < -0.4 is 10.6 Å². The Labute approximate surface area is 123 Å². The Bertz CT molecular complexity index is 592. The van der Waals surface area contributed by atoms with E-state index in [0.717, 1.165) is 16.3 Å². The fourth-order valence-corrected chi connectivity index (χ4v) is 2.59. The van der Waals surface area contributed by atoms with E-state index in [4.69, 9.17) is 0 Å². The van der Waals surface area contributed by atoms with E-state index < -0.39 is 0 Å². The molecule has 4 nitrogen and oxygen atoms in total. The summed E-state index contributed by atoms with van der Waals surface area (Å²) >= 11 is 1.56. The van der Waals surface area contributed by atoms with Gasteiger partial charge in [0.2, 0.25) is 0 Å². The number of hydrogen-bond donors (Lipinski definition) is 2. The van der Waals surface area contributed by atoms with Crippen LogP contribution in [0.25, 0.3) is 0 Å². The zero-order valence-electron chi connectivity index (χ0n) is 11.9. The first kappa shape index (κ1) is 14.5. The molecule has 2 aromatic rings. The average molecular weight is 289 g/mol. The second-order valence-electron chi connectivity index (χ2n) is 4.89. The molecular formula is C15H19N3OS. The van der Waals surface area contributed by atoms with Crippen LogP contribution in [0.1, 0.15) is 34.8 Å². The molecule has 106 valence electrons. The van der Waals surface area contributed by atoms with Crippen molar-refractivity contribution in [3.8, 4) is 0 Å². The standard InChI is InChI=1S/C15H19N3OS/c1-10(2)18-13-7-5-4-6-12(13)15(19)16-8-14-11(3)17-9-20-14/h4-7,9-10,18H,8H2,1-3H3,(H,16,19). The number of hydrogen-bond acceptors (Lipinski definition) is 4. The van der Waals surface area contributed by atoms with Gasteiger partial charge >= 0.3 is 0 Å².